The molecule has 0 unspecified atom stereocenters. The van der Waals surface area contributed by atoms with Crippen LogP contribution in [0.25, 0.3) is 0 Å². The van der Waals surface area contributed by atoms with E-state index in [9.17, 15) is 9.59 Å². The highest BCUT2D eigenvalue weighted by molar-refractivity contribution is 5.90. The summed E-state index contributed by atoms with van der Waals surface area (Å²) in [6.07, 6.45) is 1.07. The van der Waals surface area contributed by atoms with E-state index in [0.29, 0.717) is 19.6 Å². The van der Waals surface area contributed by atoms with Gasteiger partial charge in [0.1, 0.15) is 18.2 Å². The second kappa shape index (κ2) is 15.6. The third kappa shape index (κ3) is 9.35. The average Bonchev–Trinajstić information content (AvgIpc) is 3.31. The fraction of sp³-hybridized carbons (Fsp3) is 0.389. The van der Waals surface area contributed by atoms with E-state index < -0.39 is 29.8 Å². The van der Waals surface area contributed by atoms with Gasteiger partial charge in [0.2, 0.25) is 11.8 Å². The Morgan fingerprint density at radius 3 is 1.77 bits per heavy atom. The Morgan fingerprint density at radius 2 is 1.28 bits per heavy atom. The Kier molecular flexibility index (Phi) is 11.7. The van der Waals surface area contributed by atoms with Crippen LogP contribution >= 0.6 is 0 Å². The van der Waals surface area contributed by atoms with E-state index >= 15 is 0 Å². The molecule has 1 fully saturated rings. The van der Waals surface area contributed by atoms with Crippen molar-refractivity contribution >= 4 is 11.8 Å². The minimum Gasteiger partial charge on any atom is -0.375 e. The fourth-order valence-electron chi connectivity index (χ4n) is 5.31. The van der Waals surface area contributed by atoms with Crippen LogP contribution in [0.2, 0.25) is 0 Å². The normalized spacial score (nSPS) is 20.1. The van der Waals surface area contributed by atoms with E-state index in [0.717, 1.165) is 16.7 Å². The van der Waals surface area contributed by atoms with Crippen molar-refractivity contribution in [2.75, 3.05) is 6.61 Å². The summed E-state index contributed by atoms with van der Waals surface area (Å²) in [4.78, 5) is 29.6. The van der Waals surface area contributed by atoms with Gasteiger partial charge in [0.25, 0.3) is 0 Å². The topological polar surface area (TPSA) is 77.1 Å². The van der Waals surface area contributed by atoms with Crippen LogP contribution in [-0.2, 0) is 43.6 Å². The summed E-state index contributed by atoms with van der Waals surface area (Å²) in [6, 6.07) is 28.1. The Balaban J connectivity index is 1.70. The first-order valence-electron chi connectivity index (χ1n) is 14.9. The standard InChI is InChI=1S/C36H44N2O5/c1-5-6-22-31(39)38-30(26-41-23-27-16-10-7-11-17-27)33(42-24-28-18-12-8-13-19-28)34(32(38)35(40)37-36(2,3)4)43-25-29-20-14-9-15-21-29/h5,7-21,30,32-34H,1,6,22-26H2,2-4H3,(H,37,40)/t30-,32-,33-,34-/m1/s1. The second-order valence-electron chi connectivity index (χ2n) is 11.9. The average molecular weight is 585 g/mol. The van der Waals surface area contributed by atoms with Crippen LogP contribution in [-0.4, -0.2) is 53.2 Å². The van der Waals surface area contributed by atoms with Gasteiger partial charge in [0.05, 0.1) is 32.5 Å². The lowest BCUT2D eigenvalue weighted by Crippen LogP contribution is -2.56. The van der Waals surface area contributed by atoms with Crippen molar-refractivity contribution in [1.29, 1.82) is 0 Å². The minimum absolute atomic E-state index is 0.165. The summed E-state index contributed by atoms with van der Waals surface area (Å²) in [6.45, 7) is 10.7. The lowest BCUT2D eigenvalue weighted by molar-refractivity contribution is -0.145. The number of hydrogen-bond donors (Lipinski definition) is 1. The molecular weight excluding hydrogens is 540 g/mol. The minimum atomic E-state index is -0.911. The van der Waals surface area contributed by atoms with Crippen LogP contribution < -0.4 is 5.32 Å². The SMILES string of the molecule is C=CCCC(=O)N1[C@H](COCc2ccccc2)[C@@H](OCc2ccccc2)[C@H](OCc2ccccc2)[C@@H]1C(=O)NC(C)(C)C. The number of nitrogens with one attached hydrogen (secondary N) is 1. The molecule has 0 aliphatic carbocycles. The number of likely N-dealkylation sites (tertiary alicyclic amines) is 1. The van der Waals surface area contributed by atoms with Crippen molar-refractivity contribution in [2.45, 2.75) is 83.3 Å². The fourth-order valence-corrected chi connectivity index (χ4v) is 5.31. The molecule has 7 nitrogen and oxygen atoms in total. The van der Waals surface area contributed by atoms with Crippen LogP contribution in [0.4, 0.5) is 0 Å². The van der Waals surface area contributed by atoms with Crippen molar-refractivity contribution in [3.63, 3.8) is 0 Å². The molecule has 0 aromatic heterocycles. The smallest absolute Gasteiger partial charge is 0.246 e. The van der Waals surface area contributed by atoms with E-state index in [1.807, 2.05) is 112 Å². The monoisotopic (exact) mass is 584 g/mol. The number of carbonyl (C=O) groups excluding carboxylic acids is 2. The highest BCUT2D eigenvalue weighted by Crippen LogP contribution is 2.33. The number of amides is 2. The van der Waals surface area contributed by atoms with Crippen LogP contribution in [0, 0.1) is 0 Å². The highest BCUT2D eigenvalue weighted by atomic mass is 16.5. The maximum Gasteiger partial charge on any atom is 0.246 e. The van der Waals surface area contributed by atoms with Crippen molar-refractivity contribution in [2.24, 2.45) is 0 Å². The first-order valence-corrected chi connectivity index (χ1v) is 14.9. The molecule has 4 atom stereocenters. The summed E-state index contributed by atoms with van der Waals surface area (Å²) in [5, 5.41) is 3.10. The van der Waals surface area contributed by atoms with Crippen LogP contribution in [0.3, 0.4) is 0 Å². The summed E-state index contributed by atoms with van der Waals surface area (Å²) in [7, 11) is 0. The van der Waals surface area contributed by atoms with Gasteiger partial charge in [-0.1, -0.05) is 97.1 Å². The highest BCUT2D eigenvalue weighted by Gasteiger charge is 2.55. The summed E-state index contributed by atoms with van der Waals surface area (Å²) < 4.78 is 19.4. The first kappa shape index (κ1) is 32.1. The lowest BCUT2D eigenvalue weighted by Gasteiger charge is -2.32. The van der Waals surface area contributed by atoms with Gasteiger partial charge in [-0.2, -0.15) is 0 Å². The zero-order valence-corrected chi connectivity index (χ0v) is 25.5. The molecule has 1 aliphatic rings. The summed E-state index contributed by atoms with van der Waals surface area (Å²) in [5.74, 6) is -0.447. The van der Waals surface area contributed by atoms with Gasteiger partial charge in [0.15, 0.2) is 0 Å². The quantitative estimate of drug-likeness (QED) is 0.241. The van der Waals surface area contributed by atoms with E-state index in [2.05, 4.69) is 11.9 Å². The van der Waals surface area contributed by atoms with Crippen molar-refractivity contribution in [3.8, 4) is 0 Å². The largest absolute Gasteiger partial charge is 0.375 e. The van der Waals surface area contributed by atoms with Gasteiger partial charge in [-0.15, -0.1) is 6.58 Å². The molecule has 1 heterocycles. The predicted octanol–water partition coefficient (Wildman–Crippen LogP) is 5.83. The Hall–Kier alpha value is -3.78. The molecule has 4 rings (SSSR count). The zero-order valence-electron chi connectivity index (χ0n) is 25.5. The Morgan fingerprint density at radius 1 is 0.791 bits per heavy atom. The van der Waals surface area contributed by atoms with Gasteiger partial charge in [-0.05, 0) is 43.9 Å². The molecule has 1 N–H and O–H groups in total. The number of benzene rings is 3. The molecule has 7 heteroatoms. The molecule has 43 heavy (non-hydrogen) atoms. The molecular formula is C36H44N2O5. The van der Waals surface area contributed by atoms with Crippen LogP contribution in [0.1, 0.15) is 50.3 Å². The number of rotatable bonds is 14. The lowest BCUT2D eigenvalue weighted by atomic mass is 10.0. The first-order chi connectivity index (χ1) is 20.8. The van der Waals surface area contributed by atoms with Crippen molar-refractivity contribution < 1.29 is 23.8 Å². The molecule has 0 spiro atoms. The predicted molar refractivity (Wildman–Crippen MR) is 168 cm³/mol. The number of allylic oxidation sites excluding steroid dienone is 1. The van der Waals surface area contributed by atoms with E-state index in [1.54, 1.807) is 11.0 Å². The van der Waals surface area contributed by atoms with Crippen LogP contribution in [0.15, 0.2) is 104 Å². The molecule has 1 aliphatic heterocycles. The maximum atomic E-state index is 14.0. The van der Waals surface area contributed by atoms with Crippen molar-refractivity contribution in [1.82, 2.24) is 10.2 Å². The molecule has 228 valence electrons. The zero-order chi connectivity index (χ0) is 30.7. The van der Waals surface area contributed by atoms with Gasteiger partial charge in [0, 0.05) is 12.0 Å². The molecule has 2 amide bonds. The van der Waals surface area contributed by atoms with Crippen molar-refractivity contribution in [3.05, 3.63) is 120 Å². The van der Waals surface area contributed by atoms with Gasteiger partial charge in [-0.25, -0.2) is 0 Å². The number of nitrogens with zero attached hydrogens (tertiary/aromatic N) is 1. The molecule has 3 aromatic rings. The number of carbonyl (C=O) groups is 2. The molecule has 3 aromatic carbocycles. The number of hydrogen-bond acceptors (Lipinski definition) is 5. The Bertz CT molecular complexity index is 1290. The van der Waals surface area contributed by atoms with E-state index in [1.165, 1.54) is 0 Å². The maximum absolute atomic E-state index is 14.0. The van der Waals surface area contributed by atoms with Gasteiger partial charge in [-0.3, -0.25) is 9.59 Å². The van der Waals surface area contributed by atoms with Gasteiger partial charge < -0.3 is 24.4 Å². The molecule has 0 bridgehead atoms. The third-order valence-corrected chi connectivity index (χ3v) is 7.26. The molecule has 1 saturated heterocycles. The third-order valence-electron chi connectivity index (χ3n) is 7.26. The summed E-state index contributed by atoms with van der Waals surface area (Å²) >= 11 is 0. The van der Waals surface area contributed by atoms with E-state index in [4.69, 9.17) is 14.2 Å². The van der Waals surface area contributed by atoms with Crippen LogP contribution in [0.5, 0.6) is 0 Å². The molecule has 0 saturated carbocycles. The number of ether oxygens (including phenoxy) is 3. The second-order valence-corrected chi connectivity index (χ2v) is 11.9. The molecule has 0 radical (unpaired) electrons. The summed E-state index contributed by atoms with van der Waals surface area (Å²) in [5.41, 5.74) is 2.46. The van der Waals surface area contributed by atoms with E-state index in [-0.39, 0.29) is 31.4 Å². The van der Waals surface area contributed by atoms with Gasteiger partial charge >= 0.3 is 0 Å². The Labute approximate surface area is 255 Å².